The molecule has 0 fully saturated rings. The van der Waals surface area contributed by atoms with Crippen LogP contribution in [0.3, 0.4) is 0 Å². The second-order valence-corrected chi connectivity index (χ2v) is 8.80. The smallest absolute Gasteiger partial charge is 0.337 e. The number of nitrogens with one attached hydrogen (secondary N) is 1. The normalized spacial score (nSPS) is 15.1. The number of fused-ring (bicyclic) bond motifs is 1. The van der Waals surface area contributed by atoms with Gasteiger partial charge < -0.3 is 4.74 Å². The van der Waals surface area contributed by atoms with Crippen LogP contribution in [-0.4, -0.2) is 21.5 Å². The number of ether oxygens (including phenoxy) is 1. The lowest BCUT2D eigenvalue weighted by molar-refractivity contribution is 0.0600. The first-order valence-corrected chi connectivity index (χ1v) is 10.7. The van der Waals surface area contributed by atoms with Gasteiger partial charge in [-0.25, -0.2) is 17.9 Å². The van der Waals surface area contributed by atoms with E-state index in [1.54, 1.807) is 6.92 Å². The van der Waals surface area contributed by atoms with Crippen molar-refractivity contribution in [2.75, 3.05) is 7.11 Å². The highest BCUT2D eigenvalue weighted by Gasteiger charge is 2.23. The van der Waals surface area contributed by atoms with Crippen molar-refractivity contribution in [1.82, 2.24) is 4.72 Å². The summed E-state index contributed by atoms with van der Waals surface area (Å²) in [6, 6.07) is 9.74. The molecule has 1 aliphatic carbocycles. The van der Waals surface area contributed by atoms with E-state index in [-0.39, 0.29) is 15.5 Å². The third-order valence-corrected chi connectivity index (χ3v) is 6.87. The van der Waals surface area contributed by atoms with Crippen LogP contribution in [0.2, 0.25) is 5.02 Å². The lowest BCUT2D eigenvalue weighted by Gasteiger charge is -2.20. The van der Waals surface area contributed by atoms with Gasteiger partial charge in [-0.15, -0.1) is 0 Å². The Hall–Kier alpha value is -1.89. The highest BCUT2D eigenvalue weighted by Crippen LogP contribution is 2.27. The summed E-state index contributed by atoms with van der Waals surface area (Å²) in [5.74, 6) is -0.620. The lowest BCUT2D eigenvalue weighted by Crippen LogP contribution is -2.27. The van der Waals surface area contributed by atoms with Gasteiger partial charge in [-0.3, -0.25) is 0 Å². The number of carbonyl (C=O) groups is 1. The molecule has 144 valence electrons. The maximum absolute atomic E-state index is 12.8. The Morgan fingerprint density at radius 2 is 1.81 bits per heavy atom. The van der Waals surface area contributed by atoms with Gasteiger partial charge in [-0.1, -0.05) is 29.8 Å². The molecule has 7 heteroatoms. The maximum atomic E-state index is 12.8. The van der Waals surface area contributed by atoms with Crippen molar-refractivity contribution >= 4 is 27.6 Å². The number of aryl methyl sites for hydroxylation is 2. The number of methoxy groups -OCH3 is 1. The monoisotopic (exact) mass is 407 g/mol. The fourth-order valence-electron chi connectivity index (χ4n) is 3.34. The molecular weight excluding hydrogens is 386 g/mol. The molecule has 0 saturated heterocycles. The summed E-state index contributed by atoms with van der Waals surface area (Å²) < 4.78 is 33.0. The first kappa shape index (κ1) is 19.9. The lowest BCUT2D eigenvalue weighted by atomic mass is 9.89. The van der Waals surface area contributed by atoms with Crippen LogP contribution in [0.1, 0.15) is 52.9 Å². The Labute approximate surface area is 164 Å². The van der Waals surface area contributed by atoms with Crippen LogP contribution in [0.5, 0.6) is 0 Å². The van der Waals surface area contributed by atoms with Crippen LogP contribution in [0.25, 0.3) is 0 Å². The summed E-state index contributed by atoms with van der Waals surface area (Å²) in [5.41, 5.74) is 3.66. The highest BCUT2D eigenvalue weighted by molar-refractivity contribution is 7.89. The van der Waals surface area contributed by atoms with E-state index in [2.05, 4.69) is 21.6 Å². The second-order valence-electron chi connectivity index (χ2n) is 6.72. The first-order valence-electron chi connectivity index (χ1n) is 8.83. The molecule has 2 aromatic rings. The summed E-state index contributed by atoms with van der Waals surface area (Å²) in [7, 11) is -2.68. The molecule has 1 N–H and O–H groups in total. The third-order valence-electron chi connectivity index (χ3n) is 4.85. The molecule has 2 aromatic carbocycles. The predicted molar refractivity (Wildman–Crippen MR) is 105 cm³/mol. The topological polar surface area (TPSA) is 72.5 Å². The van der Waals surface area contributed by atoms with E-state index >= 15 is 0 Å². The van der Waals surface area contributed by atoms with E-state index in [0.29, 0.717) is 0 Å². The van der Waals surface area contributed by atoms with Gasteiger partial charge in [-0.2, -0.15) is 0 Å². The van der Waals surface area contributed by atoms with E-state index in [1.165, 1.54) is 42.9 Å². The van der Waals surface area contributed by atoms with Crippen molar-refractivity contribution in [3.63, 3.8) is 0 Å². The minimum absolute atomic E-state index is 0.0489. The van der Waals surface area contributed by atoms with Gasteiger partial charge in [0.2, 0.25) is 10.0 Å². The number of halogens is 1. The van der Waals surface area contributed by atoms with Crippen LogP contribution in [0, 0.1) is 0 Å². The summed E-state index contributed by atoms with van der Waals surface area (Å²) >= 11 is 6.08. The number of hydrogen-bond acceptors (Lipinski definition) is 4. The van der Waals surface area contributed by atoms with Gasteiger partial charge in [0.25, 0.3) is 0 Å². The molecule has 0 aliphatic heterocycles. The van der Waals surface area contributed by atoms with Crippen molar-refractivity contribution < 1.29 is 17.9 Å². The molecule has 3 rings (SSSR count). The van der Waals surface area contributed by atoms with E-state index < -0.39 is 22.0 Å². The van der Waals surface area contributed by atoms with Crippen molar-refractivity contribution in [1.29, 1.82) is 0 Å². The number of esters is 1. The second kappa shape index (κ2) is 8.00. The Morgan fingerprint density at radius 3 is 2.52 bits per heavy atom. The largest absolute Gasteiger partial charge is 0.465 e. The minimum atomic E-state index is -3.91. The van der Waals surface area contributed by atoms with Crippen LogP contribution in [0.4, 0.5) is 0 Å². The summed E-state index contributed by atoms with van der Waals surface area (Å²) in [5, 5.41) is 0.0489. The van der Waals surface area contributed by atoms with E-state index in [1.807, 2.05) is 6.07 Å². The van der Waals surface area contributed by atoms with Gasteiger partial charge in [0, 0.05) is 6.04 Å². The van der Waals surface area contributed by atoms with Crippen LogP contribution in [0.15, 0.2) is 41.3 Å². The SMILES string of the molecule is COC(=O)c1ccc(Cl)c(S(=O)(=O)N[C@@H](C)c2ccc3c(c2)CCCC3)c1. The molecule has 0 saturated carbocycles. The Morgan fingerprint density at radius 1 is 1.11 bits per heavy atom. The van der Waals surface area contributed by atoms with Gasteiger partial charge in [0.1, 0.15) is 4.90 Å². The van der Waals surface area contributed by atoms with E-state index in [0.717, 1.165) is 24.8 Å². The molecule has 0 aromatic heterocycles. The van der Waals surface area contributed by atoms with Crippen LogP contribution >= 0.6 is 11.6 Å². The quantitative estimate of drug-likeness (QED) is 0.759. The van der Waals surface area contributed by atoms with E-state index in [9.17, 15) is 13.2 Å². The molecule has 27 heavy (non-hydrogen) atoms. The van der Waals surface area contributed by atoms with Crippen molar-refractivity contribution in [2.45, 2.75) is 43.5 Å². The number of hydrogen-bond donors (Lipinski definition) is 1. The zero-order chi connectivity index (χ0) is 19.6. The molecule has 1 aliphatic rings. The fraction of sp³-hybridized carbons (Fsp3) is 0.350. The fourth-order valence-corrected chi connectivity index (χ4v) is 5.10. The summed E-state index contributed by atoms with van der Waals surface area (Å²) in [6.45, 7) is 1.79. The molecular formula is C20H22ClNO4S. The highest BCUT2D eigenvalue weighted by atomic mass is 35.5. The number of carbonyl (C=O) groups excluding carboxylic acids is 1. The van der Waals surface area contributed by atoms with Crippen molar-refractivity contribution in [3.8, 4) is 0 Å². The molecule has 1 atom stereocenters. The number of sulfonamides is 1. The summed E-state index contributed by atoms with van der Waals surface area (Å²) in [6.07, 6.45) is 4.46. The zero-order valence-corrected chi connectivity index (χ0v) is 16.9. The predicted octanol–water partition coefficient (Wildman–Crippen LogP) is 4.04. The van der Waals surface area contributed by atoms with Gasteiger partial charge >= 0.3 is 5.97 Å². The zero-order valence-electron chi connectivity index (χ0n) is 15.3. The van der Waals surface area contributed by atoms with E-state index in [4.69, 9.17) is 11.6 Å². The van der Waals surface area contributed by atoms with Gasteiger partial charge in [0.05, 0.1) is 17.7 Å². The average Bonchev–Trinajstić information content (AvgIpc) is 2.66. The number of rotatable bonds is 5. The molecule has 0 heterocycles. The van der Waals surface area contributed by atoms with Crippen molar-refractivity contribution in [3.05, 3.63) is 63.7 Å². The van der Waals surface area contributed by atoms with Crippen LogP contribution in [-0.2, 0) is 27.6 Å². The Kier molecular flexibility index (Phi) is 5.89. The van der Waals surface area contributed by atoms with Crippen molar-refractivity contribution in [2.24, 2.45) is 0 Å². The average molecular weight is 408 g/mol. The molecule has 0 spiro atoms. The molecule has 0 radical (unpaired) electrons. The molecule has 5 nitrogen and oxygen atoms in total. The maximum Gasteiger partial charge on any atom is 0.337 e. The first-order chi connectivity index (χ1) is 12.8. The minimum Gasteiger partial charge on any atom is -0.465 e. The molecule has 0 unspecified atom stereocenters. The van der Waals surface area contributed by atoms with Gasteiger partial charge in [0.15, 0.2) is 0 Å². The molecule has 0 amide bonds. The number of benzene rings is 2. The standard InChI is InChI=1S/C20H22ClNO4S/c1-13(15-8-7-14-5-3-4-6-16(14)11-15)22-27(24,25)19-12-17(20(23)26-2)9-10-18(19)21/h7-13,22H,3-6H2,1-2H3/t13-/m0/s1. The Balaban J connectivity index is 1.87. The molecule has 0 bridgehead atoms. The van der Waals surface area contributed by atoms with Crippen LogP contribution < -0.4 is 4.72 Å². The van der Waals surface area contributed by atoms with Gasteiger partial charge in [-0.05, 0) is 67.5 Å². The third kappa shape index (κ3) is 4.34. The summed E-state index contributed by atoms with van der Waals surface area (Å²) in [4.78, 5) is 11.6. The Bertz CT molecular complexity index is 972.